The second-order valence-corrected chi connectivity index (χ2v) is 3.69. The number of piperidine rings is 1. The summed E-state index contributed by atoms with van der Waals surface area (Å²) in [5.41, 5.74) is 0. The highest BCUT2D eigenvalue weighted by Crippen LogP contribution is 2.30. The van der Waals surface area contributed by atoms with Crippen LogP contribution in [-0.4, -0.2) is 30.3 Å². The summed E-state index contributed by atoms with van der Waals surface area (Å²) in [5.74, 6) is 0.353. The minimum absolute atomic E-state index is 0.353. The molecule has 0 amide bonds. The zero-order valence-electron chi connectivity index (χ0n) is 6.83. The van der Waals surface area contributed by atoms with Crippen LogP contribution >= 0.6 is 0 Å². The Hall–Kier alpha value is -0.370. The van der Waals surface area contributed by atoms with Crippen molar-refractivity contribution in [3.05, 3.63) is 0 Å². The van der Waals surface area contributed by atoms with Gasteiger partial charge in [-0.15, -0.1) is 0 Å². The predicted octanol–water partition coefficient (Wildman–Crippen LogP) is 1.06. The molecule has 2 aliphatic heterocycles. The molecule has 0 aromatic carbocycles. The SMILES string of the molecule is O=CC1CCCN2CCCC12. The van der Waals surface area contributed by atoms with Crippen LogP contribution in [-0.2, 0) is 4.79 Å². The summed E-state index contributed by atoms with van der Waals surface area (Å²) >= 11 is 0. The number of carbonyl (C=O) groups excluding carboxylic acids is 1. The highest BCUT2D eigenvalue weighted by molar-refractivity contribution is 5.55. The third kappa shape index (κ3) is 1.20. The molecule has 2 rings (SSSR count). The first-order valence-corrected chi connectivity index (χ1v) is 4.61. The lowest BCUT2D eigenvalue weighted by Crippen LogP contribution is -2.41. The smallest absolute Gasteiger partial charge is 0.124 e. The van der Waals surface area contributed by atoms with Gasteiger partial charge in [-0.3, -0.25) is 4.90 Å². The van der Waals surface area contributed by atoms with E-state index < -0.39 is 0 Å². The molecule has 0 radical (unpaired) electrons. The lowest BCUT2D eigenvalue weighted by molar-refractivity contribution is -0.113. The van der Waals surface area contributed by atoms with E-state index in [0.717, 1.165) is 6.42 Å². The van der Waals surface area contributed by atoms with Gasteiger partial charge in [-0.1, -0.05) is 0 Å². The van der Waals surface area contributed by atoms with Crippen molar-refractivity contribution in [3.8, 4) is 0 Å². The summed E-state index contributed by atoms with van der Waals surface area (Å²) in [4.78, 5) is 13.2. The van der Waals surface area contributed by atoms with Gasteiger partial charge in [0.05, 0.1) is 0 Å². The summed E-state index contributed by atoms with van der Waals surface area (Å²) in [7, 11) is 0. The van der Waals surface area contributed by atoms with E-state index in [4.69, 9.17) is 0 Å². The Morgan fingerprint density at radius 3 is 2.64 bits per heavy atom. The normalized spacial score (nSPS) is 38.5. The minimum atomic E-state index is 0.353. The molecule has 11 heavy (non-hydrogen) atoms. The molecule has 0 spiro atoms. The topological polar surface area (TPSA) is 20.3 Å². The van der Waals surface area contributed by atoms with Gasteiger partial charge in [0.15, 0.2) is 0 Å². The van der Waals surface area contributed by atoms with Crippen molar-refractivity contribution in [1.82, 2.24) is 4.90 Å². The van der Waals surface area contributed by atoms with E-state index in [0.29, 0.717) is 12.0 Å². The number of nitrogens with zero attached hydrogens (tertiary/aromatic N) is 1. The van der Waals surface area contributed by atoms with Crippen LogP contribution in [0.4, 0.5) is 0 Å². The Bertz CT molecular complexity index is 158. The first kappa shape index (κ1) is 7.29. The number of hydrogen-bond acceptors (Lipinski definition) is 2. The van der Waals surface area contributed by atoms with Crippen molar-refractivity contribution in [2.75, 3.05) is 13.1 Å². The van der Waals surface area contributed by atoms with Crippen molar-refractivity contribution >= 4 is 6.29 Å². The van der Waals surface area contributed by atoms with Gasteiger partial charge in [0.2, 0.25) is 0 Å². The van der Waals surface area contributed by atoms with Gasteiger partial charge in [-0.25, -0.2) is 0 Å². The molecule has 2 atom stereocenters. The van der Waals surface area contributed by atoms with Crippen LogP contribution in [0.1, 0.15) is 25.7 Å². The Morgan fingerprint density at radius 2 is 1.91 bits per heavy atom. The standard InChI is InChI=1S/C9H15NO/c11-7-8-3-1-5-10-6-2-4-9(8)10/h7-9H,1-6H2. The summed E-state index contributed by atoms with van der Waals surface area (Å²) in [6.07, 6.45) is 6.07. The molecule has 2 saturated heterocycles. The molecule has 62 valence electrons. The van der Waals surface area contributed by atoms with Gasteiger partial charge in [-0.05, 0) is 38.8 Å². The Kier molecular flexibility index (Phi) is 1.95. The largest absolute Gasteiger partial charge is 0.303 e. The monoisotopic (exact) mass is 153 g/mol. The van der Waals surface area contributed by atoms with Crippen LogP contribution in [0.15, 0.2) is 0 Å². The van der Waals surface area contributed by atoms with E-state index in [2.05, 4.69) is 4.90 Å². The molecular formula is C9H15NO. The lowest BCUT2D eigenvalue weighted by atomic mass is 9.91. The molecule has 0 saturated carbocycles. The number of aldehydes is 1. The Labute approximate surface area is 67.6 Å². The van der Waals surface area contributed by atoms with E-state index in [1.165, 1.54) is 38.6 Å². The first-order valence-electron chi connectivity index (χ1n) is 4.61. The summed E-state index contributed by atoms with van der Waals surface area (Å²) in [5, 5.41) is 0. The van der Waals surface area contributed by atoms with E-state index in [1.807, 2.05) is 0 Å². The van der Waals surface area contributed by atoms with E-state index >= 15 is 0 Å². The highest BCUT2D eigenvalue weighted by atomic mass is 16.1. The van der Waals surface area contributed by atoms with Crippen LogP contribution in [0.25, 0.3) is 0 Å². The molecule has 0 aliphatic carbocycles. The molecule has 2 unspecified atom stereocenters. The van der Waals surface area contributed by atoms with Crippen LogP contribution in [0.5, 0.6) is 0 Å². The molecule has 0 aromatic heterocycles. The average Bonchev–Trinajstić information content (AvgIpc) is 2.50. The van der Waals surface area contributed by atoms with E-state index in [-0.39, 0.29) is 0 Å². The third-order valence-electron chi connectivity index (χ3n) is 3.07. The van der Waals surface area contributed by atoms with Crippen molar-refractivity contribution in [2.24, 2.45) is 5.92 Å². The zero-order valence-corrected chi connectivity index (χ0v) is 6.83. The predicted molar refractivity (Wildman–Crippen MR) is 43.4 cm³/mol. The second kappa shape index (κ2) is 2.94. The maximum Gasteiger partial charge on any atom is 0.124 e. The molecule has 0 aromatic rings. The maximum atomic E-state index is 10.7. The summed E-state index contributed by atoms with van der Waals surface area (Å²) in [6, 6.07) is 0.612. The van der Waals surface area contributed by atoms with Crippen LogP contribution in [0.3, 0.4) is 0 Å². The lowest BCUT2D eigenvalue weighted by Gasteiger charge is -2.33. The molecule has 0 N–H and O–H groups in total. The fourth-order valence-electron chi connectivity index (χ4n) is 2.50. The molecule has 2 fully saturated rings. The number of carbonyl (C=O) groups is 1. The quantitative estimate of drug-likeness (QED) is 0.525. The van der Waals surface area contributed by atoms with E-state index in [1.54, 1.807) is 0 Å². The average molecular weight is 153 g/mol. The molecule has 2 aliphatic rings. The van der Waals surface area contributed by atoms with Crippen molar-refractivity contribution in [3.63, 3.8) is 0 Å². The van der Waals surface area contributed by atoms with Crippen molar-refractivity contribution < 1.29 is 4.79 Å². The maximum absolute atomic E-state index is 10.7. The summed E-state index contributed by atoms with van der Waals surface area (Å²) < 4.78 is 0. The Balaban J connectivity index is 2.06. The summed E-state index contributed by atoms with van der Waals surface area (Å²) in [6.45, 7) is 2.46. The van der Waals surface area contributed by atoms with Crippen LogP contribution in [0.2, 0.25) is 0 Å². The molecule has 2 nitrogen and oxygen atoms in total. The van der Waals surface area contributed by atoms with Crippen molar-refractivity contribution in [2.45, 2.75) is 31.7 Å². The fraction of sp³-hybridized carbons (Fsp3) is 0.889. The fourth-order valence-corrected chi connectivity index (χ4v) is 2.50. The first-order chi connectivity index (χ1) is 5.42. The van der Waals surface area contributed by atoms with Crippen LogP contribution < -0.4 is 0 Å². The number of rotatable bonds is 1. The van der Waals surface area contributed by atoms with Gasteiger partial charge in [0.1, 0.15) is 6.29 Å². The van der Waals surface area contributed by atoms with Gasteiger partial charge in [0, 0.05) is 12.0 Å². The van der Waals surface area contributed by atoms with Crippen LogP contribution in [0, 0.1) is 5.92 Å². The minimum Gasteiger partial charge on any atom is -0.303 e. The molecular weight excluding hydrogens is 138 g/mol. The van der Waals surface area contributed by atoms with E-state index in [9.17, 15) is 4.79 Å². The van der Waals surface area contributed by atoms with Crippen molar-refractivity contribution in [1.29, 1.82) is 0 Å². The molecule has 0 bridgehead atoms. The Morgan fingerprint density at radius 1 is 1.18 bits per heavy atom. The molecule has 2 heterocycles. The number of fused-ring (bicyclic) bond motifs is 1. The van der Waals surface area contributed by atoms with Gasteiger partial charge in [-0.2, -0.15) is 0 Å². The van der Waals surface area contributed by atoms with Gasteiger partial charge < -0.3 is 4.79 Å². The highest BCUT2D eigenvalue weighted by Gasteiger charge is 2.33. The van der Waals surface area contributed by atoms with Gasteiger partial charge in [0.25, 0.3) is 0 Å². The van der Waals surface area contributed by atoms with Gasteiger partial charge >= 0.3 is 0 Å². The third-order valence-corrected chi connectivity index (χ3v) is 3.07. The second-order valence-electron chi connectivity index (χ2n) is 3.69. The molecule has 2 heteroatoms. The number of hydrogen-bond donors (Lipinski definition) is 0. The zero-order chi connectivity index (χ0) is 7.68.